The molecule has 3 nitrogen and oxygen atoms in total. The maximum absolute atomic E-state index is 11.7. The lowest BCUT2D eigenvalue weighted by Gasteiger charge is -2.18. The zero-order valence-electron chi connectivity index (χ0n) is 10.4. The smallest absolute Gasteiger partial charge is 0.246 e. The highest BCUT2D eigenvalue weighted by Crippen LogP contribution is 2.25. The average molecular weight is 296 g/mol. The van der Waals surface area contributed by atoms with Crippen LogP contribution in [0.2, 0.25) is 5.02 Å². The molecule has 0 fully saturated rings. The van der Waals surface area contributed by atoms with Crippen molar-refractivity contribution in [3.63, 3.8) is 0 Å². The first-order chi connectivity index (χ1) is 9.20. The number of carbonyl (C=O) groups excluding carboxylic acids is 1. The molecule has 1 aromatic heterocycles. The first kappa shape index (κ1) is 14.1. The Bertz CT molecular complexity index is 525. The van der Waals surface area contributed by atoms with Crippen molar-refractivity contribution in [2.75, 3.05) is 13.7 Å². The van der Waals surface area contributed by atoms with Crippen LogP contribution in [-0.2, 0) is 9.53 Å². The molecule has 1 N–H and O–H groups in total. The molecule has 1 unspecified atom stereocenters. The predicted molar refractivity (Wildman–Crippen MR) is 77.6 cm³/mol. The minimum Gasteiger partial charge on any atom is -0.375 e. The molecule has 0 saturated carbocycles. The van der Waals surface area contributed by atoms with Gasteiger partial charge in [-0.15, -0.1) is 0 Å². The van der Waals surface area contributed by atoms with Crippen LogP contribution in [0, 0.1) is 0 Å². The summed E-state index contributed by atoms with van der Waals surface area (Å²) in [5.74, 6) is -0.145. The second-order valence-electron chi connectivity index (χ2n) is 4.04. The molecule has 2 rings (SSSR count). The van der Waals surface area contributed by atoms with Gasteiger partial charge in [0.1, 0.15) is 6.61 Å². The molecule has 0 spiro atoms. The molecule has 1 amide bonds. The standard InChI is InChI=1S/C14H14ClNO2S/c1-18-8-13(17)16-14(11-6-7-19-9-11)10-2-4-12(15)5-3-10/h2-7,9,14H,8H2,1H3,(H,16,17). The summed E-state index contributed by atoms with van der Waals surface area (Å²) < 4.78 is 4.85. The lowest BCUT2D eigenvalue weighted by Crippen LogP contribution is -2.31. The summed E-state index contributed by atoms with van der Waals surface area (Å²) in [7, 11) is 1.50. The van der Waals surface area contributed by atoms with Crippen molar-refractivity contribution in [1.82, 2.24) is 5.32 Å². The topological polar surface area (TPSA) is 38.3 Å². The predicted octanol–water partition coefficient (Wildman–Crippen LogP) is 3.25. The van der Waals surface area contributed by atoms with Gasteiger partial charge in [-0.05, 0) is 40.1 Å². The molecule has 0 saturated heterocycles. The van der Waals surface area contributed by atoms with E-state index in [1.54, 1.807) is 11.3 Å². The molecule has 2 aromatic rings. The number of methoxy groups -OCH3 is 1. The zero-order valence-corrected chi connectivity index (χ0v) is 12.0. The van der Waals surface area contributed by atoms with Gasteiger partial charge in [-0.3, -0.25) is 4.79 Å². The number of nitrogens with one attached hydrogen (secondary N) is 1. The van der Waals surface area contributed by atoms with E-state index in [9.17, 15) is 4.79 Å². The average Bonchev–Trinajstić information content (AvgIpc) is 2.91. The zero-order chi connectivity index (χ0) is 13.7. The van der Waals surface area contributed by atoms with E-state index in [2.05, 4.69) is 5.32 Å². The number of rotatable bonds is 5. The summed E-state index contributed by atoms with van der Waals surface area (Å²) in [5, 5.41) is 7.64. The summed E-state index contributed by atoms with van der Waals surface area (Å²) in [6.45, 7) is 0.0498. The van der Waals surface area contributed by atoms with Crippen LogP contribution in [0.5, 0.6) is 0 Å². The molecule has 1 aromatic carbocycles. The number of amides is 1. The molecule has 1 heterocycles. The SMILES string of the molecule is COCC(=O)NC(c1ccc(Cl)cc1)c1ccsc1. The Hall–Kier alpha value is -1.36. The third-order valence-corrected chi connectivity index (χ3v) is 3.61. The Morgan fingerprint density at radius 1 is 1.32 bits per heavy atom. The van der Waals surface area contributed by atoms with Gasteiger partial charge in [0.05, 0.1) is 6.04 Å². The van der Waals surface area contributed by atoms with Crippen LogP contribution in [0.4, 0.5) is 0 Å². The van der Waals surface area contributed by atoms with Gasteiger partial charge in [-0.1, -0.05) is 23.7 Å². The van der Waals surface area contributed by atoms with Crippen LogP contribution in [0.1, 0.15) is 17.2 Å². The Kier molecular flexibility index (Phi) is 4.96. The van der Waals surface area contributed by atoms with Crippen molar-refractivity contribution in [3.8, 4) is 0 Å². The number of hydrogen-bond acceptors (Lipinski definition) is 3. The summed E-state index contributed by atoms with van der Waals surface area (Å²) in [6, 6.07) is 9.29. The summed E-state index contributed by atoms with van der Waals surface area (Å²) in [4.78, 5) is 11.7. The fraction of sp³-hybridized carbons (Fsp3) is 0.214. The van der Waals surface area contributed by atoms with Crippen molar-refractivity contribution in [1.29, 1.82) is 0 Å². The number of thiophene rings is 1. The van der Waals surface area contributed by atoms with Crippen LogP contribution in [0.25, 0.3) is 0 Å². The molecular formula is C14H14ClNO2S. The largest absolute Gasteiger partial charge is 0.375 e. The maximum atomic E-state index is 11.7. The molecule has 19 heavy (non-hydrogen) atoms. The number of hydrogen-bond donors (Lipinski definition) is 1. The first-order valence-electron chi connectivity index (χ1n) is 5.76. The van der Waals surface area contributed by atoms with E-state index in [1.807, 2.05) is 41.1 Å². The number of halogens is 1. The van der Waals surface area contributed by atoms with Gasteiger partial charge >= 0.3 is 0 Å². The van der Waals surface area contributed by atoms with Gasteiger partial charge in [0.15, 0.2) is 0 Å². The van der Waals surface area contributed by atoms with Crippen molar-refractivity contribution in [2.24, 2.45) is 0 Å². The molecule has 100 valence electrons. The normalized spacial score (nSPS) is 12.1. The molecule has 0 radical (unpaired) electrons. The minimum absolute atomic E-state index is 0.0498. The van der Waals surface area contributed by atoms with Gasteiger partial charge in [-0.25, -0.2) is 0 Å². The Balaban J connectivity index is 2.24. The van der Waals surface area contributed by atoms with Gasteiger partial charge in [0.25, 0.3) is 0 Å². The maximum Gasteiger partial charge on any atom is 0.246 e. The van der Waals surface area contributed by atoms with E-state index in [0.717, 1.165) is 11.1 Å². The molecule has 0 bridgehead atoms. The number of benzene rings is 1. The molecule has 0 aliphatic heterocycles. The third-order valence-electron chi connectivity index (χ3n) is 2.66. The van der Waals surface area contributed by atoms with Crippen LogP contribution in [-0.4, -0.2) is 19.6 Å². The summed E-state index contributed by atoms with van der Waals surface area (Å²) >= 11 is 7.49. The quantitative estimate of drug-likeness (QED) is 0.919. The monoisotopic (exact) mass is 295 g/mol. The van der Waals surface area contributed by atoms with E-state index in [4.69, 9.17) is 16.3 Å². The van der Waals surface area contributed by atoms with Gasteiger partial charge < -0.3 is 10.1 Å². The van der Waals surface area contributed by atoms with Crippen molar-refractivity contribution >= 4 is 28.8 Å². The van der Waals surface area contributed by atoms with Gasteiger partial charge in [0.2, 0.25) is 5.91 Å². The Morgan fingerprint density at radius 3 is 2.63 bits per heavy atom. The van der Waals surface area contributed by atoms with Crippen LogP contribution in [0.15, 0.2) is 41.1 Å². The van der Waals surface area contributed by atoms with Crippen LogP contribution in [0.3, 0.4) is 0 Å². The molecular weight excluding hydrogens is 282 g/mol. The lowest BCUT2D eigenvalue weighted by molar-refractivity contribution is -0.125. The van der Waals surface area contributed by atoms with Gasteiger partial charge in [-0.2, -0.15) is 11.3 Å². The van der Waals surface area contributed by atoms with Gasteiger partial charge in [0, 0.05) is 12.1 Å². The highest BCUT2D eigenvalue weighted by molar-refractivity contribution is 7.08. The van der Waals surface area contributed by atoms with E-state index in [-0.39, 0.29) is 18.6 Å². The molecule has 1 atom stereocenters. The van der Waals surface area contributed by atoms with Crippen molar-refractivity contribution in [3.05, 3.63) is 57.2 Å². The highest BCUT2D eigenvalue weighted by Gasteiger charge is 2.17. The molecule has 0 aliphatic rings. The molecule has 0 aliphatic carbocycles. The number of carbonyl (C=O) groups is 1. The lowest BCUT2D eigenvalue weighted by atomic mass is 10.0. The van der Waals surface area contributed by atoms with Crippen molar-refractivity contribution < 1.29 is 9.53 Å². The second-order valence-corrected chi connectivity index (χ2v) is 5.26. The first-order valence-corrected chi connectivity index (χ1v) is 7.08. The van der Waals surface area contributed by atoms with E-state index in [0.29, 0.717) is 5.02 Å². The highest BCUT2D eigenvalue weighted by atomic mass is 35.5. The van der Waals surface area contributed by atoms with Crippen molar-refractivity contribution in [2.45, 2.75) is 6.04 Å². The number of ether oxygens (including phenoxy) is 1. The van der Waals surface area contributed by atoms with E-state index >= 15 is 0 Å². The minimum atomic E-state index is -0.175. The fourth-order valence-electron chi connectivity index (χ4n) is 1.79. The Labute approximate surface area is 121 Å². The van der Waals surface area contributed by atoms with E-state index < -0.39 is 0 Å². The third kappa shape index (κ3) is 3.80. The summed E-state index contributed by atoms with van der Waals surface area (Å²) in [5.41, 5.74) is 2.05. The molecule has 5 heteroatoms. The second kappa shape index (κ2) is 6.70. The van der Waals surface area contributed by atoms with E-state index in [1.165, 1.54) is 7.11 Å². The fourth-order valence-corrected chi connectivity index (χ4v) is 2.60. The summed E-state index contributed by atoms with van der Waals surface area (Å²) in [6.07, 6.45) is 0. The van der Waals surface area contributed by atoms with Crippen LogP contribution >= 0.6 is 22.9 Å². The van der Waals surface area contributed by atoms with Crippen LogP contribution < -0.4 is 5.32 Å². The Morgan fingerprint density at radius 2 is 2.05 bits per heavy atom.